The highest BCUT2D eigenvalue weighted by Crippen LogP contribution is 2.01. The van der Waals surface area contributed by atoms with Crippen molar-refractivity contribution in [3.05, 3.63) is 0 Å². The molecule has 0 aromatic carbocycles. The van der Waals surface area contributed by atoms with Crippen molar-refractivity contribution >= 4 is 5.97 Å². The summed E-state index contributed by atoms with van der Waals surface area (Å²) in [6.45, 7) is 1.41. The van der Waals surface area contributed by atoms with E-state index in [1.807, 2.05) is 0 Å². The zero-order valence-electron chi connectivity index (χ0n) is 7.64. The van der Waals surface area contributed by atoms with Crippen LogP contribution in [0, 0.1) is 0 Å². The standard InChI is InChI=1S/C8H16O5/c1-6(10)5-8(12)13-7(11)3-2-4-9/h6-7,9-11H,2-5H2,1H3. The molecule has 0 spiro atoms. The lowest BCUT2D eigenvalue weighted by Gasteiger charge is -2.11. The van der Waals surface area contributed by atoms with E-state index in [1.165, 1.54) is 6.92 Å². The first-order valence-corrected chi connectivity index (χ1v) is 4.22. The second kappa shape index (κ2) is 6.82. The van der Waals surface area contributed by atoms with Crippen LogP contribution in [0.1, 0.15) is 26.2 Å². The Morgan fingerprint density at radius 3 is 2.54 bits per heavy atom. The van der Waals surface area contributed by atoms with Gasteiger partial charge < -0.3 is 20.1 Å². The minimum Gasteiger partial charge on any atom is -0.436 e. The van der Waals surface area contributed by atoms with Crippen molar-refractivity contribution < 1.29 is 24.9 Å². The fourth-order valence-electron chi connectivity index (χ4n) is 0.766. The van der Waals surface area contributed by atoms with Crippen molar-refractivity contribution in [3.63, 3.8) is 0 Å². The lowest BCUT2D eigenvalue weighted by Crippen LogP contribution is -2.20. The van der Waals surface area contributed by atoms with Crippen LogP contribution in [0.2, 0.25) is 0 Å². The van der Waals surface area contributed by atoms with E-state index < -0.39 is 18.4 Å². The van der Waals surface area contributed by atoms with Crippen LogP contribution >= 0.6 is 0 Å². The smallest absolute Gasteiger partial charge is 0.310 e. The zero-order valence-corrected chi connectivity index (χ0v) is 7.64. The van der Waals surface area contributed by atoms with Gasteiger partial charge in [0.25, 0.3) is 0 Å². The molecular formula is C8H16O5. The number of hydrogen-bond donors (Lipinski definition) is 3. The topological polar surface area (TPSA) is 87.0 Å². The van der Waals surface area contributed by atoms with Gasteiger partial charge in [-0.3, -0.25) is 4.79 Å². The molecular weight excluding hydrogens is 176 g/mol. The molecule has 0 radical (unpaired) electrons. The zero-order chi connectivity index (χ0) is 10.3. The quantitative estimate of drug-likeness (QED) is 0.386. The molecule has 5 heteroatoms. The first kappa shape index (κ1) is 12.3. The van der Waals surface area contributed by atoms with Gasteiger partial charge in [-0.05, 0) is 13.3 Å². The minimum atomic E-state index is -1.18. The van der Waals surface area contributed by atoms with Gasteiger partial charge in [-0.15, -0.1) is 0 Å². The summed E-state index contributed by atoms with van der Waals surface area (Å²) in [5.74, 6) is -0.638. The van der Waals surface area contributed by atoms with E-state index >= 15 is 0 Å². The first-order chi connectivity index (χ1) is 6.06. The Morgan fingerprint density at radius 2 is 2.08 bits per heavy atom. The Morgan fingerprint density at radius 1 is 1.46 bits per heavy atom. The number of carbonyl (C=O) groups excluding carboxylic acids is 1. The maximum atomic E-state index is 10.8. The summed E-state index contributed by atoms with van der Waals surface area (Å²) in [4.78, 5) is 10.8. The fourth-order valence-corrected chi connectivity index (χ4v) is 0.766. The SMILES string of the molecule is CC(O)CC(=O)OC(O)CCCO. The van der Waals surface area contributed by atoms with E-state index in [0.717, 1.165) is 0 Å². The van der Waals surface area contributed by atoms with Crippen molar-refractivity contribution in [1.29, 1.82) is 0 Å². The molecule has 0 saturated heterocycles. The van der Waals surface area contributed by atoms with Gasteiger partial charge in [0, 0.05) is 13.0 Å². The van der Waals surface area contributed by atoms with Crippen molar-refractivity contribution in [3.8, 4) is 0 Å². The molecule has 0 amide bonds. The molecule has 0 bridgehead atoms. The maximum Gasteiger partial charge on any atom is 0.310 e. The van der Waals surface area contributed by atoms with E-state index in [4.69, 9.17) is 15.3 Å². The molecule has 3 N–H and O–H groups in total. The van der Waals surface area contributed by atoms with Crippen LogP contribution in [0.4, 0.5) is 0 Å². The van der Waals surface area contributed by atoms with Crippen LogP contribution < -0.4 is 0 Å². The van der Waals surface area contributed by atoms with Gasteiger partial charge in [0.15, 0.2) is 0 Å². The molecule has 0 aromatic heterocycles. The highest BCUT2D eigenvalue weighted by Gasteiger charge is 2.12. The number of esters is 1. The van der Waals surface area contributed by atoms with Crippen LogP contribution in [0.5, 0.6) is 0 Å². The molecule has 0 saturated carbocycles. The summed E-state index contributed by atoms with van der Waals surface area (Å²) in [5.41, 5.74) is 0. The lowest BCUT2D eigenvalue weighted by atomic mass is 10.3. The monoisotopic (exact) mass is 192 g/mol. The van der Waals surface area contributed by atoms with Crippen LogP contribution in [-0.2, 0) is 9.53 Å². The van der Waals surface area contributed by atoms with Crippen LogP contribution in [0.25, 0.3) is 0 Å². The average Bonchev–Trinajstić information content (AvgIpc) is 1.98. The number of rotatable bonds is 6. The molecule has 0 aliphatic carbocycles. The first-order valence-electron chi connectivity index (χ1n) is 4.22. The van der Waals surface area contributed by atoms with Crippen molar-refractivity contribution in [2.45, 2.75) is 38.6 Å². The highest BCUT2D eigenvalue weighted by atomic mass is 16.6. The summed E-state index contributed by atoms with van der Waals surface area (Å²) in [6.07, 6.45) is -1.49. The maximum absolute atomic E-state index is 10.8. The summed E-state index contributed by atoms with van der Waals surface area (Å²) in [6, 6.07) is 0. The van der Waals surface area contributed by atoms with Gasteiger partial charge in [0.2, 0.25) is 6.29 Å². The largest absolute Gasteiger partial charge is 0.436 e. The van der Waals surface area contributed by atoms with E-state index in [1.54, 1.807) is 0 Å². The summed E-state index contributed by atoms with van der Waals surface area (Å²) >= 11 is 0. The molecule has 0 aliphatic heterocycles. The number of aliphatic hydroxyl groups is 3. The average molecular weight is 192 g/mol. The fraction of sp³-hybridized carbons (Fsp3) is 0.875. The summed E-state index contributed by atoms with van der Waals surface area (Å²) < 4.78 is 4.51. The third-order valence-electron chi connectivity index (χ3n) is 1.34. The van der Waals surface area contributed by atoms with E-state index in [9.17, 15) is 4.79 Å². The molecule has 5 nitrogen and oxygen atoms in total. The molecule has 0 fully saturated rings. The second-order valence-corrected chi connectivity index (χ2v) is 2.86. The van der Waals surface area contributed by atoms with E-state index in [0.29, 0.717) is 6.42 Å². The third-order valence-corrected chi connectivity index (χ3v) is 1.34. The van der Waals surface area contributed by atoms with Gasteiger partial charge >= 0.3 is 5.97 Å². The Bertz CT molecular complexity index is 145. The van der Waals surface area contributed by atoms with Gasteiger partial charge in [-0.25, -0.2) is 0 Å². The highest BCUT2D eigenvalue weighted by molar-refractivity contribution is 5.69. The predicted molar refractivity (Wildman–Crippen MR) is 44.7 cm³/mol. The van der Waals surface area contributed by atoms with Gasteiger partial charge in [-0.1, -0.05) is 0 Å². The van der Waals surface area contributed by atoms with Gasteiger partial charge in [0.05, 0.1) is 12.5 Å². The second-order valence-electron chi connectivity index (χ2n) is 2.86. The minimum absolute atomic E-state index is 0.0506. The third kappa shape index (κ3) is 7.70. The number of hydrogen-bond acceptors (Lipinski definition) is 5. The van der Waals surface area contributed by atoms with E-state index in [-0.39, 0.29) is 19.4 Å². The van der Waals surface area contributed by atoms with Crippen molar-refractivity contribution in [1.82, 2.24) is 0 Å². The summed E-state index contributed by atoms with van der Waals surface area (Å²) in [5, 5.41) is 26.2. The molecule has 0 aliphatic rings. The number of aliphatic hydroxyl groups excluding tert-OH is 3. The Labute approximate surface area is 77.0 Å². The predicted octanol–water partition coefficient (Wildman–Crippen LogP) is -0.609. The Balaban J connectivity index is 3.53. The van der Waals surface area contributed by atoms with Crippen molar-refractivity contribution in [2.24, 2.45) is 0 Å². The Hall–Kier alpha value is -0.650. The van der Waals surface area contributed by atoms with Crippen LogP contribution in [0.15, 0.2) is 0 Å². The van der Waals surface area contributed by atoms with Gasteiger partial charge in [0.1, 0.15) is 0 Å². The van der Waals surface area contributed by atoms with Crippen LogP contribution in [-0.4, -0.2) is 40.3 Å². The van der Waals surface area contributed by atoms with Gasteiger partial charge in [-0.2, -0.15) is 0 Å². The molecule has 0 aromatic rings. The lowest BCUT2D eigenvalue weighted by molar-refractivity contribution is -0.170. The molecule has 0 rings (SSSR count). The molecule has 0 heterocycles. The molecule has 78 valence electrons. The summed E-state index contributed by atoms with van der Waals surface area (Å²) in [7, 11) is 0. The molecule has 2 atom stereocenters. The molecule has 13 heavy (non-hydrogen) atoms. The Kier molecular flexibility index (Phi) is 6.48. The van der Waals surface area contributed by atoms with Crippen LogP contribution in [0.3, 0.4) is 0 Å². The van der Waals surface area contributed by atoms with Crippen molar-refractivity contribution in [2.75, 3.05) is 6.61 Å². The number of carbonyl (C=O) groups is 1. The normalized spacial score (nSPS) is 15.1. The number of ether oxygens (including phenoxy) is 1. The van der Waals surface area contributed by atoms with E-state index in [2.05, 4.69) is 4.74 Å². The molecule has 2 unspecified atom stereocenters.